The third-order valence-corrected chi connectivity index (χ3v) is 7.42. The summed E-state index contributed by atoms with van der Waals surface area (Å²) in [6, 6.07) is 1.56. The molecule has 2 N–H and O–H groups in total. The van der Waals surface area contributed by atoms with E-state index in [4.69, 9.17) is 0 Å². The third-order valence-electron chi connectivity index (χ3n) is 7.42. The van der Waals surface area contributed by atoms with Crippen LogP contribution in [0.3, 0.4) is 0 Å². The zero-order valence-corrected chi connectivity index (χ0v) is 19.7. The van der Waals surface area contributed by atoms with Gasteiger partial charge in [-0.05, 0) is 48.9 Å². The zero-order valence-electron chi connectivity index (χ0n) is 16.7. The molecule has 4 fully saturated rings. The lowest BCUT2D eigenvalue weighted by atomic mass is 9.45. The quantitative estimate of drug-likeness (QED) is 0.583. The molecule has 0 aromatic heterocycles. The van der Waals surface area contributed by atoms with Gasteiger partial charge in [0.05, 0.1) is 0 Å². The molecule has 0 saturated heterocycles. The second kappa shape index (κ2) is 13.2. The van der Waals surface area contributed by atoms with Crippen molar-refractivity contribution in [3.63, 3.8) is 0 Å². The van der Waals surface area contributed by atoms with E-state index >= 15 is 0 Å². The van der Waals surface area contributed by atoms with Crippen molar-refractivity contribution in [2.45, 2.75) is 98.1 Å². The molecule has 0 unspecified atom stereocenters. The first kappa shape index (κ1) is 29.2. The molecule has 4 aliphatic rings. The van der Waals surface area contributed by atoms with Gasteiger partial charge < -0.3 is 10.6 Å². The van der Waals surface area contributed by atoms with Gasteiger partial charge in [0, 0.05) is 25.2 Å². The Hall–Kier alpha value is 0.970. The summed E-state index contributed by atoms with van der Waals surface area (Å²) in [6.45, 7) is 9.79. The first-order chi connectivity index (χ1) is 10.6. The zero-order chi connectivity index (χ0) is 15.6. The Balaban J connectivity index is 0. The fourth-order valence-corrected chi connectivity index (χ4v) is 5.61. The number of hydrogen-bond acceptors (Lipinski definition) is 2. The summed E-state index contributed by atoms with van der Waals surface area (Å²) in [5, 5.41) is 7.69. The monoisotopic (exact) mass is 424 g/mol. The van der Waals surface area contributed by atoms with Gasteiger partial charge >= 0.3 is 0 Å². The molecule has 0 amide bonds. The summed E-state index contributed by atoms with van der Waals surface area (Å²) >= 11 is 0. The van der Waals surface area contributed by atoms with Crippen LogP contribution in [0.2, 0.25) is 0 Å². The van der Waals surface area contributed by atoms with Gasteiger partial charge in [0.15, 0.2) is 0 Å². The predicted octanol–water partition coefficient (Wildman–Crippen LogP) is 5.32. The first-order valence-corrected chi connectivity index (χ1v) is 10.1. The van der Waals surface area contributed by atoms with Crippen LogP contribution in [0.4, 0.5) is 0 Å². The molecule has 0 spiro atoms. The molecule has 2 bridgehead atoms. The Bertz CT molecular complexity index is 357. The summed E-state index contributed by atoms with van der Waals surface area (Å²) in [5.41, 5.74) is 0.620. The van der Waals surface area contributed by atoms with Gasteiger partial charge in [-0.15, -0.1) is 0 Å². The molecule has 0 heterocycles. The standard InChI is InChI=1S/C20H38N2.CH4.3H2S/c1-15-18-13-16(20(18,2)3)14-19(15)22-12-11-21-17-9-7-5-4-6-8-10-17;;;;/h15-19,21-22H,4-14H2,1-3H3;1H4;3*1H2/t15-,16+,18-,19-;;;;/m0..../s1. The summed E-state index contributed by atoms with van der Waals surface area (Å²) in [5.74, 6) is 2.80. The second-order valence-corrected chi connectivity index (χ2v) is 9.01. The Morgan fingerprint density at radius 1 is 0.808 bits per heavy atom. The van der Waals surface area contributed by atoms with Crippen molar-refractivity contribution >= 4 is 40.5 Å². The lowest BCUT2D eigenvalue weighted by molar-refractivity contribution is -0.114. The van der Waals surface area contributed by atoms with E-state index in [1.165, 1.54) is 57.8 Å². The molecule has 26 heavy (non-hydrogen) atoms. The van der Waals surface area contributed by atoms with E-state index in [1.807, 2.05) is 0 Å². The highest BCUT2D eigenvalue weighted by atomic mass is 32.1. The van der Waals surface area contributed by atoms with Gasteiger partial charge in [-0.1, -0.05) is 60.3 Å². The van der Waals surface area contributed by atoms with Crippen LogP contribution in [0.15, 0.2) is 0 Å². The normalized spacial score (nSPS) is 32.9. The van der Waals surface area contributed by atoms with Crippen molar-refractivity contribution in [3.8, 4) is 0 Å². The number of rotatable bonds is 5. The molecule has 0 radical (unpaired) electrons. The molecule has 0 aliphatic heterocycles. The predicted molar refractivity (Wildman–Crippen MR) is 133 cm³/mol. The van der Waals surface area contributed by atoms with Crippen molar-refractivity contribution in [1.82, 2.24) is 10.6 Å². The molecule has 5 heteroatoms. The molecule has 0 aromatic rings. The molecule has 4 saturated carbocycles. The minimum Gasteiger partial charge on any atom is -0.313 e. The molecule has 4 aliphatic carbocycles. The van der Waals surface area contributed by atoms with E-state index in [1.54, 1.807) is 0 Å². The highest BCUT2D eigenvalue weighted by molar-refractivity contribution is 7.59. The largest absolute Gasteiger partial charge is 0.313 e. The Morgan fingerprint density at radius 3 is 1.88 bits per heavy atom. The minimum absolute atomic E-state index is 0. The average molecular weight is 425 g/mol. The van der Waals surface area contributed by atoms with Crippen LogP contribution in [-0.4, -0.2) is 25.2 Å². The van der Waals surface area contributed by atoms with Gasteiger partial charge in [0.1, 0.15) is 0 Å². The lowest BCUT2D eigenvalue weighted by Crippen LogP contribution is -2.60. The van der Waals surface area contributed by atoms with Gasteiger partial charge in [-0.3, -0.25) is 0 Å². The highest BCUT2D eigenvalue weighted by Crippen LogP contribution is 2.61. The molecular formula is C21H48N2S3. The van der Waals surface area contributed by atoms with Crippen LogP contribution in [0.1, 0.15) is 86.0 Å². The second-order valence-electron chi connectivity index (χ2n) is 9.01. The van der Waals surface area contributed by atoms with Gasteiger partial charge in [-0.25, -0.2) is 0 Å². The van der Waals surface area contributed by atoms with Crippen LogP contribution in [0.5, 0.6) is 0 Å². The minimum atomic E-state index is 0. The Labute approximate surface area is 185 Å². The van der Waals surface area contributed by atoms with Crippen molar-refractivity contribution < 1.29 is 0 Å². The molecule has 4 rings (SSSR count). The molecule has 0 aromatic carbocycles. The number of fused-ring (bicyclic) bond motifs is 2. The highest BCUT2D eigenvalue weighted by Gasteiger charge is 2.55. The molecule has 4 atom stereocenters. The fraction of sp³-hybridized carbons (Fsp3) is 1.00. The SMILES string of the molecule is C.C[C@@H]1[C@@H](NCCNC2CCCCCCC2)C[C@H]2C[C@@H]1C2(C)C.S.S.S. The van der Waals surface area contributed by atoms with Crippen LogP contribution in [0, 0.1) is 23.2 Å². The topological polar surface area (TPSA) is 24.1 Å². The summed E-state index contributed by atoms with van der Waals surface area (Å²) < 4.78 is 0. The fourth-order valence-electron chi connectivity index (χ4n) is 5.61. The van der Waals surface area contributed by atoms with E-state index in [2.05, 4.69) is 31.4 Å². The van der Waals surface area contributed by atoms with E-state index in [9.17, 15) is 0 Å². The maximum Gasteiger partial charge on any atom is 0.00989 e. The van der Waals surface area contributed by atoms with Crippen molar-refractivity contribution in [2.75, 3.05) is 13.1 Å². The van der Waals surface area contributed by atoms with Gasteiger partial charge in [0.25, 0.3) is 0 Å². The van der Waals surface area contributed by atoms with E-state index in [-0.39, 0.29) is 47.9 Å². The first-order valence-electron chi connectivity index (χ1n) is 10.1. The Kier molecular flexibility index (Phi) is 14.9. The van der Waals surface area contributed by atoms with Gasteiger partial charge in [-0.2, -0.15) is 40.5 Å². The van der Waals surface area contributed by atoms with E-state index in [0.717, 1.165) is 42.9 Å². The average Bonchev–Trinajstić information content (AvgIpc) is 2.46. The lowest BCUT2D eigenvalue weighted by Gasteiger charge is -2.62. The van der Waals surface area contributed by atoms with Crippen molar-refractivity contribution in [3.05, 3.63) is 0 Å². The maximum absolute atomic E-state index is 3.88. The smallest absolute Gasteiger partial charge is 0.00989 e. The van der Waals surface area contributed by atoms with Crippen molar-refractivity contribution in [1.29, 1.82) is 0 Å². The van der Waals surface area contributed by atoms with Crippen LogP contribution < -0.4 is 10.6 Å². The van der Waals surface area contributed by atoms with Crippen LogP contribution in [-0.2, 0) is 0 Å². The third kappa shape index (κ3) is 6.79. The van der Waals surface area contributed by atoms with Gasteiger partial charge in [0.2, 0.25) is 0 Å². The van der Waals surface area contributed by atoms with Crippen LogP contribution >= 0.6 is 40.5 Å². The maximum atomic E-state index is 3.88. The van der Waals surface area contributed by atoms with E-state index < -0.39 is 0 Å². The van der Waals surface area contributed by atoms with E-state index in [0.29, 0.717) is 5.41 Å². The van der Waals surface area contributed by atoms with Crippen LogP contribution in [0.25, 0.3) is 0 Å². The molecule has 2 nitrogen and oxygen atoms in total. The summed E-state index contributed by atoms with van der Waals surface area (Å²) in [4.78, 5) is 0. The van der Waals surface area contributed by atoms with Crippen molar-refractivity contribution in [2.24, 2.45) is 23.2 Å². The summed E-state index contributed by atoms with van der Waals surface area (Å²) in [7, 11) is 0. The molecule has 160 valence electrons. The number of nitrogens with one attached hydrogen (secondary N) is 2. The molecular weight excluding hydrogens is 376 g/mol. The number of hydrogen-bond donors (Lipinski definition) is 2. The summed E-state index contributed by atoms with van der Waals surface area (Å²) in [6.07, 6.45) is 12.9. The Morgan fingerprint density at radius 2 is 1.35 bits per heavy atom.